The lowest BCUT2D eigenvalue weighted by Gasteiger charge is -2.33. The minimum atomic E-state index is -0.724. The zero-order valence-electron chi connectivity index (χ0n) is 21.3. The fraction of sp³-hybridized carbons (Fsp3) is 0.207. The van der Waals surface area contributed by atoms with Crippen molar-refractivity contribution in [3.63, 3.8) is 0 Å². The van der Waals surface area contributed by atoms with Gasteiger partial charge in [-0.1, -0.05) is 12.1 Å². The highest BCUT2D eigenvalue weighted by Crippen LogP contribution is 2.28. The van der Waals surface area contributed by atoms with Crippen LogP contribution in [0.4, 0.5) is 10.2 Å². The molecule has 2 heterocycles. The fourth-order valence-electron chi connectivity index (χ4n) is 4.21. The average Bonchev–Trinajstić information content (AvgIpc) is 2.91. The number of amides is 2. The summed E-state index contributed by atoms with van der Waals surface area (Å²) in [5, 5.41) is 7.12. The largest absolute Gasteiger partial charge is 0.492 e. The van der Waals surface area contributed by atoms with Crippen molar-refractivity contribution in [3.8, 4) is 17.2 Å². The van der Waals surface area contributed by atoms with E-state index in [2.05, 4.69) is 15.6 Å². The fourth-order valence-corrected chi connectivity index (χ4v) is 4.21. The lowest BCUT2D eigenvalue weighted by molar-refractivity contribution is 0.0539. The van der Waals surface area contributed by atoms with Gasteiger partial charge >= 0.3 is 0 Å². The first-order valence-corrected chi connectivity index (χ1v) is 12.3. The zero-order valence-corrected chi connectivity index (χ0v) is 22.3. The van der Waals surface area contributed by atoms with Gasteiger partial charge in [-0.15, -0.1) is 0 Å². The van der Waals surface area contributed by atoms with Crippen LogP contribution in [0, 0.1) is 0 Å². The molecule has 1 fully saturated rings. The normalized spacial score (nSPS) is 13.2. The second-order valence-corrected chi connectivity index (χ2v) is 8.93. The van der Waals surface area contributed by atoms with E-state index in [0.717, 1.165) is 10.8 Å². The van der Waals surface area contributed by atoms with Gasteiger partial charge in [0.2, 0.25) is 0 Å². The number of carbonyl (C=O) groups excluding carboxylic acids is 2. The number of pyridine rings is 1. The second-order valence-electron chi connectivity index (χ2n) is 8.93. The highest BCUT2D eigenvalue weighted by atomic mass is 32.1. The molecule has 3 aromatic carbocycles. The third-order valence-electron chi connectivity index (χ3n) is 6.24. The minimum Gasteiger partial charge on any atom is -0.492 e. The predicted octanol–water partition coefficient (Wildman–Crippen LogP) is 4.78. The number of nitrogens with zero attached hydrogens (tertiary/aromatic N) is 2. The Bertz CT molecular complexity index is 1460. The van der Waals surface area contributed by atoms with Crippen LogP contribution in [0.25, 0.3) is 10.8 Å². The zero-order chi connectivity index (χ0) is 26.5. The summed E-state index contributed by atoms with van der Waals surface area (Å²) >= 11 is 0. The molecule has 0 spiro atoms. The summed E-state index contributed by atoms with van der Waals surface area (Å²) < 4.78 is 24.5. The lowest BCUT2D eigenvalue weighted by atomic mass is 10.0. The monoisotopic (exact) mass is 548 g/mol. The molecule has 2 amide bonds. The van der Waals surface area contributed by atoms with Gasteiger partial charge in [0.1, 0.15) is 35.8 Å². The van der Waals surface area contributed by atoms with Gasteiger partial charge in [-0.2, -0.15) is 13.5 Å². The van der Waals surface area contributed by atoms with Crippen LogP contribution >= 0.6 is 13.5 Å². The number of benzene rings is 3. The van der Waals surface area contributed by atoms with E-state index in [0.29, 0.717) is 60.4 Å². The summed E-state index contributed by atoms with van der Waals surface area (Å²) in [6, 6.07) is 21.1. The van der Waals surface area contributed by atoms with Crippen molar-refractivity contribution in [2.24, 2.45) is 0 Å². The molecule has 1 aliphatic heterocycles. The van der Waals surface area contributed by atoms with Gasteiger partial charge in [-0.3, -0.25) is 14.5 Å². The van der Waals surface area contributed by atoms with E-state index in [9.17, 15) is 14.0 Å². The molecule has 10 heteroatoms. The Morgan fingerprint density at radius 3 is 2.46 bits per heavy atom. The van der Waals surface area contributed by atoms with Crippen molar-refractivity contribution in [2.45, 2.75) is 6.17 Å². The average molecular weight is 549 g/mol. The number of ether oxygens (including phenoxy) is 2. The van der Waals surface area contributed by atoms with Crippen molar-refractivity contribution in [3.05, 3.63) is 90.1 Å². The van der Waals surface area contributed by atoms with E-state index >= 15 is 0 Å². The molecule has 0 atom stereocenters. The van der Waals surface area contributed by atoms with Crippen LogP contribution in [0.2, 0.25) is 0 Å². The van der Waals surface area contributed by atoms with E-state index in [1.54, 1.807) is 61.8 Å². The number of anilines is 1. The molecule has 1 aromatic heterocycles. The van der Waals surface area contributed by atoms with Gasteiger partial charge in [-0.05, 0) is 65.4 Å². The Labute approximate surface area is 232 Å². The Morgan fingerprint density at radius 2 is 1.72 bits per heavy atom. The van der Waals surface area contributed by atoms with Gasteiger partial charge in [0.05, 0.1) is 0 Å². The molecule has 2 N–H and O–H groups in total. The standard InChI is InChI=1S/C29H27FN4O4.H2S/c1-31-29(36)26-4-2-3-20-15-23(9-10-25(20)26)38-24-11-12-32-27(16-24)33-28(35)19-5-7-22(8-6-19)37-14-13-34-17-21(30)18-34;/h2-12,15-16,21H,13-14,17-18H2,1H3,(H,31,36)(H,32,33,35);1H2. The first-order chi connectivity index (χ1) is 18.5. The van der Waals surface area contributed by atoms with Gasteiger partial charge in [0.15, 0.2) is 0 Å². The van der Waals surface area contributed by atoms with Gasteiger partial charge in [0.25, 0.3) is 11.8 Å². The number of carbonyl (C=O) groups is 2. The highest BCUT2D eigenvalue weighted by molar-refractivity contribution is 7.59. The number of hydrogen-bond acceptors (Lipinski definition) is 6. The summed E-state index contributed by atoms with van der Waals surface area (Å²) in [4.78, 5) is 31.1. The van der Waals surface area contributed by atoms with Crippen LogP contribution in [0.3, 0.4) is 0 Å². The molecule has 0 radical (unpaired) electrons. The maximum Gasteiger partial charge on any atom is 0.256 e. The number of aromatic nitrogens is 1. The van der Waals surface area contributed by atoms with E-state index in [-0.39, 0.29) is 25.3 Å². The molecular formula is C29H29FN4O4S. The number of fused-ring (bicyclic) bond motifs is 1. The van der Waals surface area contributed by atoms with Crippen LogP contribution in [0.1, 0.15) is 20.7 Å². The molecule has 0 saturated carbocycles. The molecule has 39 heavy (non-hydrogen) atoms. The van der Waals surface area contributed by atoms with E-state index in [1.165, 1.54) is 0 Å². The van der Waals surface area contributed by atoms with Crippen LogP contribution in [0.15, 0.2) is 79.0 Å². The molecule has 0 bridgehead atoms. The van der Waals surface area contributed by atoms with Gasteiger partial charge in [0, 0.05) is 50.1 Å². The summed E-state index contributed by atoms with van der Waals surface area (Å²) in [7, 11) is 1.60. The summed E-state index contributed by atoms with van der Waals surface area (Å²) in [5.74, 6) is 1.61. The number of rotatable bonds is 9. The predicted molar refractivity (Wildman–Crippen MR) is 153 cm³/mol. The number of alkyl halides is 1. The van der Waals surface area contributed by atoms with Crippen LogP contribution < -0.4 is 20.1 Å². The molecule has 1 aliphatic rings. The summed E-state index contributed by atoms with van der Waals surface area (Å²) in [5.41, 5.74) is 1.04. The SMILES string of the molecule is CNC(=O)c1cccc2cc(Oc3ccnc(NC(=O)c4ccc(OCCN5CC(F)C5)cc4)c3)ccc12.S. The maximum absolute atomic E-state index is 12.9. The Balaban J connectivity index is 0.00000353. The minimum absolute atomic E-state index is 0. The first-order valence-electron chi connectivity index (χ1n) is 12.3. The molecule has 4 aromatic rings. The first kappa shape index (κ1) is 27.9. The van der Waals surface area contributed by atoms with Crippen molar-refractivity contribution in [2.75, 3.05) is 38.6 Å². The van der Waals surface area contributed by atoms with E-state index < -0.39 is 6.17 Å². The second kappa shape index (κ2) is 12.6. The quantitative estimate of drug-likeness (QED) is 0.313. The lowest BCUT2D eigenvalue weighted by Crippen LogP contribution is -2.49. The van der Waals surface area contributed by atoms with Crippen molar-refractivity contribution >= 4 is 41.9 Å². The number of likely N-dealkylation sites (tertiary alicyclic amines) is 1. The summed E-state index contributed by atoms with van der Waals surface area (Å²) in [6.07, 6.45) is 0.827. The summed E-state index contributed by atoms with van der Waals surface area (Å²) in [6.45, 7) is 2.06. The smallest absolute Gasteiger partial charge is 0.256 e. The van der Waals surface area contributed by atoms with Crippen molar-refractivity contribution in [1.29, 1.82) is 0 Å². The van der Waals surface area contributed by atoms with E-state index in [1.807, 2.05) is 29.2 Å². The van der Waals surface area contributed by atoms with Crippen molar-refractivity contribution < 1.29 is 23.5 Å². The number of nitrogens with one attached hydrogen (secondary N) is 2. The molecule has 5 rings (SSSR count). The topological polar surface area (TPSA) is 92.8 Å². The van der Waals surface area contributed by atoms with Gasteiger partial charge in [-0.25, -0.2) is 9.37 Å². The molecular weight excluding hydrogens is 519 g/mol. The molecule has 202 valence electrons. The Hall–Kier alpha value is -4.15. The molecule has 0 unspecified atom stereocenters. The van der Waals surface area contributed by atoms with E-state index in [4.69, 9.17) is 9.47 Å². The van der Waals surface area contributed by atoms with Crippen molar-refractivity contribution in [1.82, 2.24) is 15.2 Å². The number of hydrogen-bond donors (Lipinski definition) is 2. The highest BCUT2D eigenvalue weighted by Gasteiger charge is 2.25. The van der Waals surface area contributed by atoms with Crippen LogP contribution in [0.5, 0.6) is 17.2 Å². The van der Waals surface area contributed by atoms with Crippen LogP contribution in [-0.2, 0) is 0 Å². The van der Waals surface area contributed by atoms with Gasteiger partial charge < -0.3 is 20.1 Å². The Kier molecular flexibility index (Phi) is 9.00. The maximum atomic E-state index is 12.9. The number of halogens is 1. The third kappa shape index (κ3) is 6.84. The third-order valence-corrected chi connectivity index (χ3v) is 6.24. The Morgan fingerprint density at radius 1 is 0.974 bits per heavy atom. The molecule has 8 nitrogen and oxygen atoms in total. The molecule has 1 saturated heterocycles. The molecule has 0 aliphatic carbocycles. The van der Waals surface area contributed by atoms with Crippen LogP contribution in [-0.4, -0.2) is 61.2 Å².